The van der Waals surface area contributed by atoms with Crippen LogP contribution in [0.3, 0.4) is 0 Å². The van der Waals surface area contributed by atoms with Crippen molar-refractivity contribution < 1.29 is 9.13 Å². The van der Waals surface area contributed by atoms with E-state index >= 15 is 0 Å². The zero-order valence-corrected chi connectivity index (χ0v) is 11.1. The maximum atomic E-state index is 13.0. The first-order valence-corrected chi connectivity index (χ1v) is 5.82. The van der Waals surface area contributed by atoms with Crippen molar-refractivity contribution in [3.05, 3.63) is 33.1 Å². The molecule has 0 saturated heterocycles. The summed E-state index contributed by atoms with van der Waals surface area (Å²) >= 11 is 2.01. The second-order valence-electron chi connectivity index (χ2n) is 3.48. The fraction of sp³-hybridized carbons (Fsp3) is 0.455. The van der Waals surface area contributed by atoms with Gasteiger partial charge in [-0.3, -0.25) is 4.90 Å². The number of likely N-dealkylation sites (N-methyl/N-ethyl adjacent to an activating group) is 1. The Morgan fingerprint density at radius 3 is 2.80 bits per heavy atom. The number of hydrogen-bond acceptors (Lipinski definition) is 2. The van der Waals surface area contributed by atoms with E-state index in [1.807, 2.05) is 41.8 Å². The fourth-order valence-corrected chi connectivity index (χ4v) is 1.86. The number of rotatable bonds is 5. The number of ether oxygens (including phenoxy) is 1. The Hall–Kier alpha value is -0.200. The molecular weight excluding hydrogens is 308 g/mol. The van der Waals surface area contributed by atoms with E-state index in [9.17, 15) is 4.39 Å². The maximum absolute atomic E-state index is 13.0. The highest BCUT2D eigenvalue weighted by atomic mass is 127. The van der Waals surface area contributed by atoms with Crippen molar-refractivity contribution in [2.24, 2.45) is 0 Å². The summed E-state index contributed by atoms with van der Waals surface area (Å²) in [6, 6.07) is 5.21. The molecule has 0 radical (unpaired) electrons. The lowest BCUT2D eigenvalue weighted by molar-refractivity contribution is 0.158. The van der Waals surface area contributed by atoms with Gasteiger partial charge in [0.15, 0.2) is 0 Å². The van der Waals surface area contributed by atoms with Gasteiger partial charge < -0.3 is 4.74 Å². The van der Waals surface area contributed by atoms with Crippen LogP contribution in [0.2, 0.25) is 0 Å². The minimum atomic E-state index is -0.154. The largest absolute Gasteiger partial charge is 0.383 e. The van der Waals surface area contributed by atoms with Gasteiger partial charge in [-0.05, 0) is 47.3 Å². The summed E-state index contributed by atoms with van der Waals surface area (Å²) < 4.78 is 18.7. The van der Waals surface area contributed by atoms with E-state index in [2.05, 4.69) is 4.90 Å². The van der Waals surface area contributed by atoms with E-state index in [0.29, 0.717) is 3.57 Å². The maximum Gasteiger partial charge on any atom is 0.136 e. The molecule has 84 valence electrons. The topological polar surface area (TPSA) is 12.5 Å². The van der Waals surface area contributed by atoms with Gasteiger partial charge in [-0.25, -0.2) is 4.39 Å². The van der Waals surface area contributed by atoms with Crippen LogP contribution in [0.4, 0.5) is 4.39 Å². The highest BCUT2D eigenvalue weighted by Crippen LogP contribution is 2.13. The molecule has 0 fully saturated rings. The molecule has 0 aromatic heterocycles. The summed E-state index contributed by atoms with van der Waals surface area (Å²) in [6.07, 6.45) is 0. The highest BCUT2D eigenvalue weighted by Gasteiger charge is 2.03. The molecule has 0 saturated carbocycles. The van der Waals surface area contributed by atoms with Crippen LogP contribution < -0.4 is 0 Å². The van der Waals surface area contributed by atoms with Gasteiger partial charge in [0.05, 0.1) is 6.61 Å². The summed E-state index contributed by atoms with van der Waals surface area (Å²) in [5.74, 6) is -0.154. The van der Waals surface area contributed by atoms with Gasteiger partial charge in [0.25, 0.3) is 0 Å². The number of hydrogen-bond donors (Lipinski definition) is 0. The van der Waals surface area contributed by atoms with E-state index in [0.717, 1.165) is 25.3 Å². The van der Waals surface area contributed by atoms with E-state index in [1.165, 1.54) is 6.07 Å². The van der Waals surface area contributed by atoms with Gasteiger partial charge in [-0.2, -0.15) is 0 Å². The molecule has 1 rings (SSSR count). The van der Waals surface area contributed by atoms with Crippen LogP contribution in [-0.2, 0) is 11.3 Å². The van der Waals surface area contributed by atoms with Crippen molar-refractivity contribution in [1.29, 1.82) is 0 Å². The number of methoxy groups -OCH3 is 1. The van der Waals surface area contributed by atoms with Crippen molar-refractivity contribution >= 4 is 22.6 Å². The van der Waals surface area contributed by atoms with E-state index in [4.69, 9.17) is 4.74 Å². The summed E-state index contributed by atoms with van der Waals surface area (Å²) in [7, 11) is 3.71. The normalized spacial score (nSPS) is 11.0. The molecule has 0 unspecified atom stereocenters. The van der Waals surface area contributed by atoms with Crippen molar-refractivity contribution in [3.63, 3.8) is 0 Å². The third-order valence-corrected chi connectivity index (χ3v) is 2.94. The molecular formula is C11H15FINO. The fourth-order valence-electron chi connectivity index (χ4n) is 1.28. The lowest BCUT2D eigenvalue weighted by Gasteiger charge is -2.16. The van der Waals surface area contributed by atoms with Crippen LogP contribution in [0.25, 0.3) is 0 Å². The first-order chi connectivity index (χ1) is 7.13. The molecule has 4 heteroatoms. The van der Waals surface area contributed by atoms with E-state index < -0.39 is 0 Å². The number of benzene rings is 1. The molecule has 0 aliphatic heterocycles. The molecule has 1 aromatic rings. The highest BCUT2D eigenvalue weighted by molar-refractivity contribution is 14.1. The lowest BCUT2D eigenvalue weighted by Crippen LogP contribution is -2.22. The van der Waals surface area contributed by atoms with Gasteiger partial charge in [-0.1, -0.05) is 6.07 Å². The van der Waals surface area contributed by atoms with Crippen molar-refractivity contribution in [2.45, 2.75) is 6.54 Å². The van der Waals surface area contributed by atoms with Gasteiger partial charge >= 0.3 is 0 Å². The molecule has 0 aliphatic carbocycles. The Labute approximate surface area is 104 Å². The van der Waals surface area contributed by atoms with Crippen LogP contribution in [0, 0.1) is 9.39 Å². The summed E-state index contributed by atoms with van der Waals surface area (Å²) in [4.78, 5) is 2.15. The van der Waals surface area contributed by atoms with E-state index in [-0.39, 0.29) is 5.82 Å². The first kappa shape index (κ1) is 12.9. The van der Waals surface area contributed by atoms with Crippen LogP contribution in [-0.4, -0.2) is 32.2 Å². The average Bonchev–Trinajstić information content (AvgIpc) is 2.20. The predicted octanol–water partition coefficient (Wildman–Crippen LogP) is 2.51. The molecule has 0 amide bonds. The lowest BCUT2D eigenvalue weighted by atomic mass is 10.2. The minimum absolute atomic E-state index is 0.154. The quantitative estimate of drug-likeness (QED) is 0.772. The third kappa shape index (κ3) is 4.44. The summed E-state index contributed by atoms with van der Waals surface area (Å²) in [6.45, 7) is 2.42. The minimum Gasteiger partial charge on any atom is -0.383 e. The molecule has 2 nitrogen and oxygen atoms in total. The van der Waals surface area contributed by atoms with Gasteiger partial charge in [0.1, 0.15) is 5.82 Å². The molecule has 15 heavy (non-hydrogen) atoms. The van der Waals surface area contributed by atoms with Gasteiger partial charge in [-0.15, -0.1) is 0 Å². The van der Waals surface area contributed by atoms with Crippen molar-refractivity contribution in [2.75, 3.05) is 27.3 Å². The van der Waals surface area contributed by atoms with Crippen LogP contribution >= 0.6 is 22.6 Å². The summed E-state index contributed by atoms with van der Waals surface area (Å²) in [5.41, 5.74) is 1.12. The van der Waals surface area contributed by atoms with Crippen LogP contribution in [0.15, 0.2) is 18.2 Å². The molecule has 0 heterocycles. The van der Waals surface area contributed by atoms with Gasteiger partial charge in [0.2, 0.25) is 0 Å². The third-order valence-electron chi connectivity index (χ3n) is 2.11. The van der Waals surface area contributed by atoms with Crippen molar-refractivity contribution in [1.82, 2.24) is 4.90 Å². The first-order valence-electron chi connectivity index (χ1n) is 4.75. The molecule has 0 bridgehead atoms. The smallest absolute Gasteiger partial charge is 0.136 e. The Morgan fingerprint density at radius 2 is 2.20 bits per heavy atom. The van der Waals surface area contributed by atoms with Crippen LogP contribution in [0.1, 0.15) is 5.56 Å². The standard InChI is InChI=1S/C11H15FINO/c1-14(5-6-15-2)8-9-3-4-10(12)11(13)7-9/h3-4,7H,5-6,8H2,1-2H3. The predicted molar refractivity (Wildman–Crippen MR) is 67.3 cm³/mol. The Morgan fingerprint density at radius 1 is 1.47 bits per heavy atom. The van der Waals surface area contributed by atoms with Crippen molar-refractivity contribution in [3.8, 4) is 0 Å². The van der Waals surface area contributed by atoms with Gasteiger partial charge in [0, 0.05) is 23.8 Å². The second-order valence-corrected chi connectivity index (χ2v) is 4.64. The van der Waals surface area contributed by atoms with Crippen LogP contribution in [0.5, 0.6) is 0 Å². The molecule has 1 aromatic carbocycles. The average molecular weight is 323 g/mol. The molecule has 0 atom stereocenters. The zero-order valence-electron chi connectivity index (χ0n) is 8.96. The Bertz CT molecular complexity index is 319. The number of nitrogens with zero attached hydrogens (tertiary/aromatic N) is 1. The van der Waals surface area contributed by atoms with E-state index in [1.54, 1.807) is 7.11 Å². The monoisotopic (exact) mass is 323 g/mol. The Balaban J connectivity index is 2.53. The molecule has 0 spiro atoms. The summed E-state index contributed by atoms with van der Waals surface area (Å²) in [5, 5.41) is 0. The molecule has 0 aliphatic rings. The zero-order chi connectivity index (χ0) is 11.3. The Kier molecular flexibility index (Phi) is 5.49. The second kappa shape index (κ2) is 6.40. The number of halogens is 2. The SMILES string of the molecule is COCCN(C)Cc1ccc(F)c(I)c1. The molecule has 0 N–H and O–H groups in total.